The van der Waals surface area contributed by atoms with Gasteiger partial charge in [-0.1, -0.05) is 62.7 Å². The highest BCUT2D eigenvalue weighted by Crippen LogP contribution is 2.15. The number of hydrogen-bond donors (Lipinski definition) is 1. The van der Waals surface area contributed by atoms with Gasteiger partial charge in [-0.25, -0.2) is 0 Å². The molecule has 0 aliphatic heterocycles. The highest BCUT2D eigenvalue weighted by atomic mass is 16.5. The van der Waals surface area contributed by atoms with Crippen LogP contribution in [0.25, 0.3) is 0 Å². The standard InChI is InChI=1S/C24H32N2O3/c1-4-6-15-25-24(28)22(5-2)26(17-20-12-8-7-9-13-20)23(27)18-29-21-14-10-11-19(3)16-21/h7-14,16,22H,4-6,15,17-18H2,1-3H3,(H,25,28)/t22-/m0/s1. The van der Waals surface area contributed by atoms with E-state index in [1.807, 2.05) is 68.4 Å². The molecule has 29 heavy (non-hydrogen) atoms. The second-order valence-corrected chi connectivity index (χ2v) is 7.18. The number of ether oxygens (including phenoxy) is 1. The van der Waals surface area contributed by atoms with E-state index >= 15 is 0 Å². The number of benzene rings is 2. The van der Waals surface area contributed by atoms with Gasteiger partial charge in [0, 0.05) is 13.1 Å². The molecule has 0 aliphatic rings. The van der Waals surface area contributed by atoms with E-state index < -0.39 is 6.04 Å². The number of rotatable bonds is 11. The van der Waals surface area contributed by atoms with Crippen LogP contribution in [-0.2, 0) is 16.1 Å². The lowest BCUT2D eigenvalue weighted by Crippen LogP contribution is -2.50. The number of nitrogens with zero attached hydrogens (tertiary/aromatic N) is 1. The molecule has 0 unspecified atom stereocenters. The van der Waals surface area contributed by atoms with Gasteiger partial charge in [-0.2, -0.15) is 0 Å². The third-order valence-corrected chi connectivity index (χ3v) is 4.76. The number of carbonyl (C=O) groups excluding carboxylic acids is 2. The second-order valence-electron chi connectivity index (χ2n) is 7.18. The largest absolute Gasteiger partial charge is 0.484 e. The van der Waals surface area contributed by atoms with Crippen molar-refractivity contribution in [1.82, 2.24) is 10.2 Å². The molecule has 0 bridgehead atoms. The summed E-state index contributed by atoms with van der Waals surface area (Å²) in [5.41, 5.74) is 2.05. The van der Waals surface area contributed by atoms with E-state index in [2.05, 4.69) is 12.2 Å². The molecule has 0 spiro atoms. The average molecular weight is 397 g/mol. The molecule has 5 nitrogen and oxygen atoms in total. The summed E-state index contributed by atoms with van der Waals surface area (Å²) in [6, 6.07) is 16.8. The van der Waals surface area contributed by atoms with Crippen molar-refractivity contribution in [1.29, 1.82) is 0 Å². The van der Waals surface area contributed by atoms with E-state index in [9.17, 15) is 9.59 Å². The van der Waals surface area contributed by atoms with Crippen LogP contribution >= 0.6 is 0 Å². The van der Waals surface area contributed by atoms with Gasteiger partial charge < -0.3 is 15.0 Å². The summed E-state index contributed by atoms with van der Waals surface area (Å²) in [5.74, 6) is 0.340. The Hall–Kier alpha value is -2.82. The third kappa shape index (κ3) is 7.26. The van der Waals surface area contributed by atoms with Crippen molar-refractivity contribution in [2.75, 3.05) is 13.2 Å². The molecule has 0 aromatic heterocycles. The van der Waals surface area contributed by atoms with Gasteiger partial charge in [-0.15, -0.1) is 0 Å². The van der Waals surface area contributed by atoms with Crippen LogP contribution in [0.2, 0.25) is 0 Å². The van der Waals surface area contributed by atoms with Crippen LogP contribution < -0.4 is 10.1 Å². The van der Waals surface area contributed by atoms with E-state index in [-0.39, 0.29) is 18.4 Å². The number of amides is 2. The van der Waals surface area contributed by atoms with E-state index in [1.54, 1.807) is 4.90 Å². The number of aryl methyl sites for hydroxylation is 1. The third-order valence-electron chi connectivity index (χ3n) is 4.76. The Kier molecular flexibility index (Phi) is 9.22. The smallest absolute Gasteiger partial charge is 0.261 e. The Balaban J connectivity index is 2.13. The van der Waals surface area contributed by atoms with Crippen molar-refractivity contribution in [2.45, 2.75) is 52.6 Å². The lowest BCUT2D eigenvalue weighted by molar-refractivity contribution is -0.143. The summed E-state index contributed by atoms with van der Waals surface area (Å²) >= 11 is 0. The van der Waals surface area contributed by atoms with Crippen molar-refractivity contribution >= 4 is 11.8 Å². The SMILES string of the molecule is CCCCNC(=O)[C@H](CC)N(Cc1ccccc1)C(=O)COc1cccc(C)c1. The molecule has 0 aliphatic carbocycles. The predicted octanol–water partition coefficient (Wildman–Crippen LogP) is 4.10. The van der Waals surface area contributed by atoms with Crippen LogP contribution in [0, 0.1) is 6.92 Å². The monoisotopic (exact) mass is 396 g/mol. The Labute approximate surface area is 174 Å². The Morgan fingerprint density at radius 3 is 2.48 bits per heavy atom. The number of nitrogens with one attached hydrogen (secondary N) is 1. The van der Waals surface area contributed by atoms with Crippen LogP contribution in [0.15, 0.2) is 54.6 Å². The van der Waals surface area contributed by atoms with Gasteiger partial charge in [0.1, 0.15) is 11.8 Å². The topological polar surface area (TPSA) is 58.6 Å². The minimum atomic E-state index is -0.527. The maximum atomic E-state index is 13.1. The molecule has 0 saturated heterocycles. The van der Waals surface area contributed by atoms with Gasteiger partial charge in [0.05, 0.1) is 0 Å². The summed E-state index contributed by atoms with van der Waals surface area (Å²) in [5, 5.41) is 2.96. The molecule has 1 atom stereocenters. The molecule has 1 N–H and O–H groups in total. The van der Waals surface area contributed by atoms with E-state index in [0.717, 1.165) is 24.0 Å². The highest BCUT2D eigenvalue weighted by molar-refractivity contribution is 5.88. The molecule has 2 rings (SSSR count). The van der Waals surface area contributed by atoms with E-state index in [4.69, 9.17) is 4.74 Å². The number of hydrogen-bond acceptors (Lipinski definition) is 3. The fraction of sp³-hybridized carbons (Fsp3) is 0.417. The summed E-state index contributed by atoms with van der Waals surface area (Å²) in [6.45, 7) is 6.88. The van der Waals surface area contributed by atoms with Crippen LogP contribution in [0.5, 0.6) is 5.75 Å². The predicted molar refractivity (Wildman–Crippen MR) is 116 cm³/mol. The number of carbonyl (C=O) groups is 2. The van der Waals surface area contributed by atoms with E-state index in [0.29, 0.717) is 25.3 Å². The molecule has 0 saturated carbocycles. The van der Waals surface area contributed by atoms with Gasteiger partial charge in [-0.05, 0) is 43.0 Å². The van der Waals surface area contributed by atoms with Crippen LogP contribution in [0.1, 0.15) is 44.2 Å². The van der Waals surface area contributed by atoms with Crippen molar-refractivity contribution in [3.05, 3.63) is 65.7 Å². The molecule has 0 heterocycles. The van der Waals surface area contributed by atoms with Crippen LogP contribution in [0.3, 0.4) is 0 Å². The van der Waals surface area contributed by atoms with Crippen molar-refractivity contribution < 1.29 is 14.3 Å². The first kappa shape index (κ1) is 22.5. The molecule has 0 fully saturated rings. The van der Waals surface area contributed by atoms with Crippen molar-refractivity contribution in [2.24, 2.45) is 0 Å². The normalized spacial score (nSPS) is 11.6. The molecule has 0 radical (unpaired) electrons. The summed E-state index contributed by atoms with van der Waals surface area (Å²) in [6.07, 6.45) is 2.47. The molecular formula is C24H32N2O3. The summed E-state index contributed by atoms with van der Waals surface area (Å²) < 4.78 is 5.72. The lowest BCUT2D eigenvalue weighted by atomic mass is 10.1. The second kappa shape index (κ2) is 11.9. The summed E-state index contributed by atoms with van der Waals surface area (Å²) in [7, 11) is 0. The molecule has 156 valence electrons. The fourth-order valence-electron chi connectivity index (χ4n) is 3.14. The van der Waals surface area contributed by atoms with Gasteiger partial charge in [0.25, 0.3) is 5.91 Å². The Bertz CT molecular complexity index is 777. The zero-order valence-electron chi connectivity index (χ0n) is 17.7. The summed E-state index contributed by atoms with van der Waals surface area (Å²) in [4.78, 5) is 27.5. The maximum absolute atomic E-state index is 13.1. The van der Waals surface area contributed by atoms with Crippen LogP contribution in [-0.4, -0.2) is 35.9 Å². The zero-order chi connectivity index (χ0) is 21.1. The van der Waals surface area contributed by atoms with Crippen molar-refractivity contribution in [3.63, 3.8) is 0 Å². The number of unbranched alkanes of at least 4 members (excludes halogenated alkanes) is 1. The minimum absolute atomic E-state index is 0.102. The first-order valence-corrected chi connectivity index (χ1v) is 10.4. The lowest BCUT2D eigenvalue weighted by Gasteiger charge is -2.30. The van der Waals surface area contributed by atoms with Gasteiger partial charge >= 0.3 is 0 Å². The molecule has 5 heteroatoms. The molecule has 2 amide bonds. The quantitative estimate of drug-likeness (QED) is 0.582. The molecule has 2 aromatic carbocycles. The fourth-order valence-corrected chi connectivity index (χ4v) is 3.14. The first-order valence-electron chi connectivity index (χ1n) is 10.4. The van der Waals surface area contributed by atoms with Crippen molar-refractivity contribution in [3.8, 4) is 5.75 Å². The Morgan fingerprint density at radius 2 is 1.83 bits per heavy atom. The minimum Gasteiger partial charge on any atom is -0.484 e. The average Bonchev–Trinajstić information content (AvgIpc) is 2.73. The Morgan fingerprint density at radius 1 is 1.07 bits per heavy atom. The van der Waals surface area contributed by atoms with E-state index in [1.165, 1.54) is 0 Å². The highest BCUT2D eigenvalue weighted by Gasteiger charge is 2.28. The molecule has 2 aromatic rings. The van der Waals surface area contributed by atoms with Gasteiger partial charge in [-0.3, -0.25) is 9.59 Å². The van der Waals surface area contributed by atoms with Gasteiger partial charge in [0.2, 0.25) is 5.91 Å². The maximum Gasteiger partial charge on any atom is 0.261 e. The zero-order valence-corrected chi connectivity index (χ0v) is 17.7. The van der Waals surface area contributed by atoms with Crippen LogP contribution in [0.4, 0.5) is 0 Å². The molecular weight excluding hydrogens is 364 g/mol. The first-order chi connectivity index (χ1) is 14.0. The van der Waals surface area contributed by atoms with Gasteiger partial charge in [0.15, 0.2) is 6.61 Å².